The van der Waals surface area contributed by atoms with Crippen LogP contribution in [0.3, 0.4) is 0 Å². The third-order valence-corrected chi connectivity index (χ3v) is 3.66. The number of methoxy groups -OCH3 is 2. The molecule has 0 saturated heterocycles. The van der Waals surface area contributed by atoms with Crippen LogP contribution in [0.1, 0.15) is 23.4 Å². The Morgan fingerprint density at radius 2 is 2.00 bits per heavy atom. The fourth-order valence-electron chi connectivity index (χ4n) is 2.14. The lowest BCUT2D eigenvalue weighted by Gasteiger charge is -2.11. The van der Waals surface area contributed by atoms with E-state index in [1.807, 2.05) is 12.1 Å². The van der Waals surface area contributed by atoms with Crippen molar-refractivity contribution in [3.05, 3.63) is 23.3 Å². The molecule has 0 saturated carbocycles. The van der Waals surface area contributed by atoms with Crippen LogP contribution in [0, 0.1) is 5.92 Å². The fourth-order valence-corrected chi connectivity index (χ4v) is 2.42. The number of benzene rings is 1. The summed E-state index contributed by atoms with van der Waals surface area (Å²) in [6.07, 6.45) is 0.983. The number of hydrogen-bond acceptors (Lipinski definition) is 2. The molecule has 2 unspecified atom stereocenters. The summed E-state index contributed by atoms with van der Waals surface area (Å²) >= 11 is 6.34. The van der Waals surface area contributed by atoms with Crippen LogP contribution < -0.4 is 9.47 Å². The first kappa shape index (κ1) is 10.6. The van der Waals surface area contributed by atoms with Crippen molar-refractivity contribution in [1.82, 2.24) is 0 Å². The van der Waals surface area contributed by atoms with E-state index in [1.54, 1.807) is 14.2 Å². The van der Waals surface area contributed by atoms with E-state index in [-0.39, 0.29) is 5.38 Å². The highest BCUT2D eigenvalue weighted by Gasteiger charge is 2.30. The summed E-state index contributed by atoms with van der Waals surface area (Å²) in [5, 5.41) is 0.0731. The zero-order chi connectivity index (χ0) is 11.0. The Bertz CT molecular complexity index is 376. The van der Waals surface area contributed by atoms with Crippen LogP contribution in [0.5, 0.6) is 11.5 Å². The van der Waals surface area contributed by atoms with Crippen LogP contribution in [0.2, 0.25) is 0 Å². The van der Waals surface area contributed by atoms with Crippen LogP contribution in [0.25, 0.3) is 0 Å². The van der Waals surface area contributed by atoms with Crippen LogP contribution in [0.4, 0.5) is 0 Å². The summed E-state index contributed by atoms with van der Waals surface area (Å²) < 4.78 is 10.6. The summed E-state index contributed by atoms with van der Waals surface area (Å²) in [6, 6.07) is 3.93. The molecule has 82 valence electrons. The minimum absolute atomic E-state index is 0.0731. The number of halogens is 1. The molecule has 0 heterocycles. The summed E-state index contributed by atoms with van der Waals surface area (Å²) in [5.41, 5.74) is 2.38. The topological polar surface area (TPSA) is 18.5 Å². The van der Waals surface area contributed by atoms with Gasteiger partial charge in [0.25, 0.3) is 0 Å². The summed E-state index contributed by atoms with van der Waals surface area (Å²) in [6.45, 7) is 2.16. The van der Waals surface area contributed by atoms with Gasteiger partial charge in [0, 0.05) is 6.07 Å². The number of hydrogen-bond donors (Lipinski definition) is 0. The van der Waals surface area contributed by atoms with Crippen molar-refractivity contribution in [2.24, 2.45) is 5.92 Å². The van der Waals surface area contributed by atoms with Crippen LogP contribution in [-0.2, 0) is 6.42 Å². The second kappa shape index (κ2) is 3.93. The third kappa shape index (κ3) is 1.67. The first-order valence-electron chi connectivity index (χ1n) is 5.06. The molecule has 0 radical (unpaired) electrons. The minimum Gasteiger partial charge on any atom is -0.497 e. The minimum atomic E-state index is 0.0731. The molecule has 0 N–H and O–H groups in total. The molecule has 1 aliphatic rings. The van der Waals surface area contributed by atoms with Crippen molar-refractivity contribution in [1.29, 1.82) is 0 Å². The average Bonchev–Trinajstić information content (AvgIpc) is 2.54. The Hall–Kier alpha value is -0.890. The summed E-state index contributed by atoms with van der Waals surface area (Å²) in [4.78, 5) is 0. The molecule has 1 aromatic carbocycles. The molecule has 0 aromatic heterocycles. The second-order valence-corrected chi connectivity index (χ2v) is 4.45. The van der Waals surface area contributed by atoms with Crippen LogP contribution >= 0.6 is 11.6 Å². The largest absolute Gasteiger partial charge is 0.497 e. The first-order valence-corrected chi connectivity index (χ1v) is 5.50. The first-order chi connectivity index (χ1) is 7.17. The van der Waals surface area contributed by atoms with E-state index in [0.29, 0.717) is 5.92 Å². The van der Waals surface area contributed by atoms with Gasteiger partial charge in [-0.15, -0.1) is 11.6 Å². The molecule has 0 spiro atoms. The number of ether oxygens (including phenoxy) is 2. The monoisotopic (exact) mass is 226 g/mol. The molecule has 2 rings (SSSR count). The van der Waals surface area contributed by atoms with Crippen LogP contribution in [-0.4, -0.2) is 14.2 Å². The Morgan fingerprint density at radius 3 is 2.60 bits per heavy atom. The summed E-state index contributed by atoms with van der Waals surface area (Å²) in [5.74, 6) is 2.16. The van der Waals surface area contributed by atoms with Gasteiger partial charge in [0.05, 0.1) is 19.6 Å². The zero-order valence-corrected chi connectivity index (χ0v) is 9.97. The van der Waals surface area contributed by atoms with Crippen molar-refractivity contribution in [2.45, 2.75) is 18.7 Å². The molecule has 2 atom stereocenters. The van der Waals surface area contributed by atoms with Crippen molar-refractivity contribution < 1.29 is 9.47 Å². The Balaban J connectivity index is 2.52. The highest BCUT2D eigenvalue weighted by atomic mass is 35.5. The standard InChI is InChI=1S/C12H15ClO2/c1-7-4-9-10(12(7)13)5-8(14-2)6-11(9)15-3/h5-7,12H,4H2,1-3H3. The van der Waals surface area contributed by atoms with E-state index in [0.717, 1.165) is 23.5 Å². The average molecular weight is 227 g/mol. The molecular weight excluding hydrogens is 212 g/mol. The molecule has 3 heteroatoms. The lowest BCUT2D eigenvalue weighted by molar-refractivity contribution is 0.391. The van der Waals surface area contributed by atoms with Gasteiger partial charge in [-0.2, -0.15) is 0 Å². The molecule has 0 fully saturated rings. The van der Waals surface area contributed by atoms with Crippen molar-refractivity contribution in [2.75, 3.05) is 14.2 Å². The maximum absolute atomic E-state index is 6.34. The number of rotatable bonds is 2. The molecule has 0 aliphatic heterocycles. The Morgan fingerprint density at radius 1 is 1.27 bits per heavy atom. The molecule has 1 aliphatic carbocycles. The molecule has 0 bridgehead atoms. The predicted octanol–water partition coefficient (Wildman–Crippen LogP) is 3.18. The summed E-state index contributed by atoms with van der Waals surface area (Å²) in [7, 11) is 3.34. The van der Waals surface area contributed by atoms with E-state index in [9.17, 15) is 0 Å². The Kier molecular flexibility index (Phi) is 2.79. The van der Waals surface area contributed by atoms with E-state index in [2.05, 4.69) is 6.92 Å². The van der Waals surface area contributed by atoms with Gasteiger partial charge < -0.3 is 9.47 Å². The molecule has 2 nitrogen and oxygen atoms in total. The van der Waals surface area contributed by atoms with Crippen molar-refractivity contribution >= 4 is 11.6 Å². The van der Waals surface area contributed by atoms with Gasteiger partial charge in [0.1, 0.15) is 11.5 Å². The van der Waals surface area contributed by atoms with Gasteiger partial charge in [-0.25, -0.2) is 0 Å². The van der Waals surface area contributed by atoms with E-state index in [1.165, 1.54) is 5.56 Å². The quantitative estimate of drug-likeness (QED) is 0.722. The Labute approximate surface area is 95.1 Å². The van der Waals surface area contributed by atoms with Gasteiger partial charge >= 0.3 is 0 Å². The number of alkyl halides is 1. The third-order valence-electron chi connectivity index (χ3n) is 3.00. The van der Waals surface area contributed by atoms with Gasteiger partial charge in [-0.1, -0.05) is 6.92 Å². The zero-order valence-electron chi connectivity index (χ0n) is 9.21. The van der Waals surface area contributed by atoms with Crippen molar-refractivity contribution in [3.8, 4) is 11.5 Å². The lowest BCUT2D eigenvalue weighted by atomic mass is 10.1. The predicted molar refractivity (Wildman–Crippen MR) is 61.0 cm³/mol. The van der Waals surface area contributed by atoms with E-state index >= 15 is 0 Å². The van der Waals surface area contributed by atoms with Crippen molar-refractivity contribution in [3.63, 3.8) is 0 Å². The molecule has 15 heavy (non-hydrogen) atoms. The fraction of sp³-hybridized carbons (Fsp3) is 0.500. The molecular formula is C12H15ClO2. The normalized spacial score (nSPS) is 23.7. The number of fused-ring (bicyclic) bond motifs is 1. The highest BCUT2D eigenvalue weighted by Crippen LogP contribution is 2.46. The van der Waals surface area contributed by atoms with Crippen LogP contribution in [0.15, 0.2) is 12.1 Å². The SMILES string of the molecule is COc1cc(OC)c2c(c1)C(Cl)C(C)C2. The van der Waals surface area contributed by atoms with E-state index < -0.39 is 0 Å². The highest BCUT2D eigenvalue weighted by molar-refractivity contribution is 6.21. The molecule has 0 amide bonds. The maximum Gasteiger partial charge on any atom is 0.126 e. The van der Waals surface area contributed by atoms with Gasteiger partial charge in [0.2, 0.25) is 0 Å². The maximum atomic E-state index is 6.34. The van der Waals surface area contributed by atoms with Gasteiger partial charge in [-0.05, 0) is 29.5 Å². The van der Waals surface area contributed by atoms with E-state index in [4.69, 9.17) is 21.1 Å². The van der Waals surface area contributed by atoms with Gasteiger partial charge in [0.15, 0.2) is 0 Å². The lowest BCUT2D eigenvalue weighted by Crippen LogP contribution is -1.94. The molecule has 1 aromatic rings. The second-order valence-electron chi connectivity index (χ2n) is 3.98. The van der Waals surface area contributed by atoms with Gasteiger partial charge in [-0.3, -0.25) is 0 Å². The smallest absolute Gasteiger partial charge is 0.126 e.